The zero-order valence-electron chi connectivity index (χ0n) is 19.3. The highest BCUT2D eigenvalue weighted by Crippen LogP contribution is 2.23. The van der Waals surface area contributed by atoms with Crippen molar-refractivity contribution in [3.63, 3.8) is 0 Å². The molecule has 0 unspecified atom stereocenters. The number of nitrogens with one attached hydrogen (secondary N) is 1. The van der Waals surface area contributed by atoms with Crippen LogP contribution >= 0.6 is 0 Å². The lowest BCUT2D eigenvalue weighted by Gasteiger charge is -2.21. The summed E-state index contributed by atoms with van der Waals surface area (Å²) in [5, 5.41) is 2.42. The van der Waals surface area contributed by atoms with E-state index in [1.807, 2.05) is 16.7 Å². The maximum absolute atomic E-state index is 12.4. The van der Waals surface area contributed by atoms with Crippen molar-refractivity contribution in [2.24, 2.45) is 0 Å². The number of aromatic nitrogens is 3. The first-order valence-electron chi connectivity index (χ1n) is 11.0. The lowest BCUT2D eigenvalue weighted by Crippen LogP contribution is -2.28. The number of carbonyl (C=O) groups excluding carboxylic acids is 1. The van der Waals surface area contributed by atoms with Gasteiger partial charge in [-0.1, -0.05) is 25.2 Å². The molecule has 2 aromatic rings. The fourth-order valence-electron chi connectivity index (χ4n) is 3.13. The van der Waals surface area contributed by atoms with E-state index in [0.717, 1.165) is 18.7 Å². The molecule has 0 aliphatic rings. The number of fused-ring (bicyclic) bond motifs is 1. The monoisotopic (exact) mass is 467 g/mol. The van der Waals surface area contributed by atoms with E-state index in [1.54, 1.807) is 24.5 Å². The summed E-state index contributed by atoms with van der Waals surface area (Å²) in [5.74, 6) is 0.366. The summed E-state index contributed by atoms with van der Waals surface area (Å²) in [7, 11) is 2.08. The number of ether oxygens (including phenoxy) is 1. The summed E-state index contributed by atoms with van der Waals surface area (Å²) in [6.45, 7) is 5.44. The van der Waals surface area contributed by atoms with E-state index in [-0.39, 0.29) is 19.4 Å². The van der Waals surface area contributed by atoms with Gasteiger partial charge >= 0.3 is 6.18 Å². The maximum Gasteiger partial charge on any atom is 0.389 e. The van der Waals surface area contributed by atoms with Crippen molar-refractivity contribution in [3.05, 3.63) is 42.5 Å². The number of hydrogen-bond donors (Lipinski definition) is 1. The molecular weight excluding hydrogens is 435 g/mol. The zero-order valence-corrected chi connectivity index (χ0v) is 19.3. The third kappa shape index (κ3) is 9.25. The molecule has 2 heterocycles. The van der Waals surface area contributed by atoms with Crippen molar-refractivity contribution in [3.8, 4) is 5.88 Å². The Kier molecular flexibility index (Phi) is 10.4. The Bertz CT molecular complexity index is 926. The van der Waals surface area contributed by atoms with Crippen LogP contribution in [0.5, 0.6) is 5.88 Å². The van der Waals surface area contributed by atoms with Crippen molar-refractivity contribution in [1.82, 2.24) is 24.6 Å². The summed E-state index contributed by atoms with van der Waals surface area (Å²) in [5.41, 5.74) is 1.30. The van der Waals surface area contributed by atoms with Crippen LogP contribution in [0.1, 0.15) is 45.2 Å². The van der Waals surface area contributed by atoms with Crippen LogP contribution in [0.15, 0.2) is 36.8 Å². The van der Waals surface area contributed by atoms with E-state index in [4.69, 9.17) is 4.74 Å². The predicted octanol–water partition coefficient (Wildman–Crippen LogP) is 4.26. The first kappa shape index (κ1) is 26.4. The molecule has 10 heteroatoms. The number of carbonyl (C=O) groups is 1. The number of hydrogen-bond acceptors (Lipinski definition) is 5. The molecule has 0 radical (unpaired) electrons. The average molecular weight is 468 g/mol. The van der Waals surface area contributed by atoms with Gasteiger partial charge in [-0.05, 0) is 45.9 Å². The molecule has 7 nitrogen and oxygen atoms in total. The van der Waals surface area contributed by atoms with Gasteiger partial charge < -0.3 is 19.4 Å². The molecule has 1 amide bonds. The molecule has 2 atom stereocenters. The summed E-state index contributed by atoms with van der Waals surface area (Å²) in [6, 6.07) is -0.169. The van der Waals surface area contributed by atoms with E-state index in [9.17, 15) is 18.0 Å². The Morgan fingerprint density at radius 3 is 2.76 bits per heavy atom. The maximum atomic E-state index is 12.4. The first-order valence-corrected chi connectivity index (χ1v) is 11.0. The van der Waals surface area contributed by atoms with Crippen LogP contribution in [0.3, 0.4) is 0 Å². The normalized spacial score (nSPS) is 14.4. The molecule has 182 valence electrons. The standard InChI is InChI=1S/C23H32F3N5O2/c1-4-30(3)18(2)8-7-10-20-16-31-14-13-27-21(31)22(29-20)33-15-6-5-9-19(28-17-32)11-12-23(24,25)26/h5-7,10,13-14,16-19H,4,8-9,11-12,15H2,1-3H3,(H,28,32)/b6-5-,10-7+/t18-,19-/m1/s1. The third-order valence-electron chi connectivity index (χ3n) is 5.36. The molecule has 0 aliphatic carbocycles. The van der Waals surface area contributed by atoms with E-state index < -0.39 is 18.6 Å². The fourth-order valence-corrected chi connectivity index (χ4v) is 3.13. The van der Waals surface area contributed by atoms with E-state index in [0.29, 0.717) is 24.0 Å². The molecule has 2 rings (SSSR count). The van der Waals surface area contributed by atoms with Crippen LogP contribution in [0.25, 0.3) is 11.7 Å². The second-order valence-corrected chi connectivity index (χ2v) is 7.84. The third-order valence-corrected chi connectivity index (χ3v) is 5.36. The van der Waals surface area contributed by atoms with Gasteiger partial charge in [-0.25, -0.2) is 9.97 Å². The highest BCUT2D eigenvalue weighted by Gasteiger charge is 2.27. The summed E-state index contributed by atoms with van der Waals surface area (Å²) < 4.78 is 44.8. The molecule has 0 spiro atoms. The smallest absolute Gasteiger partial charge is 0.389 e. The van der Waals surface area contributed by atoms with Crippen molar-refractivity contribution in [2.75, 3.05) is 20.2 Å². The second-order valence-electron chi connectivity index (χ2n) is 7.84. The number of nitrogens with zero attached hydrogens (tertiary/aromatic N) is 4. The molecule has 0 fully saturated rings. The molecule has 0 saturated carbocycles. The quantitative estimate of drug-likeness (QED) is 0.332. The van der Waals surface area contributed by atoms with Gasteiger partial charge in [0.05, 0.1) is 5.69 Å². The number of amides is 1. The van der Waals surface area contributed by atoms with E-state index in [2.05, 4.69) is 47.2 Å². The Hall–Kier alpha value is -2.88. The summed E-state index contributed by atoms with van der Waals surface area (Å²) >= 11 is 0. The minimum Gasteiger partial charge on any atom is -0.471 e. The molecule has 1 N–H and O–H groups in total. The van der Waals surface area contributed by atoms with Crippen LogP contribution in [0.2, 0.25) is 0 Å². The van der Waals surface area contributed by atoms with Crippen LogP contribution in [0, 0.1) is 0 Å². The topological polar surface area (TPSA) is 71.8 Å². The highest BCUT2D eigenvalue weighted by atomic mass is 19.4. The van der Waals surface area contributed by atoms with Gasteiger partial charge in [-0.15, -0.1) is 0 Å². The minimum atomic E-state index is -4.25. The van der Waals surface area contributed by atoms with E-state index >= 15 is 0 Å². The van der Waals surface area contributed by atoms with Gasteiger partial charge in [0, 0.05) is 37.1 Å². The van der Waals surface area contributed by atoms with Crippen LogP contribution in [-0.2, 0) is 4.79 Å². The SMILES string of the molecule is CCN(C)[C@H](C)C/C=C/c1cn2ccnc2c(OC/C=C\C[C@H](CCC(F)(F)F)NC=O)n1. The lowest BCUT2D eigenvalue weighted by atomic mass is 10.1. The Balaban J connectivity index is 1.96. The van der Waals surface area contributed by atoms with Crippen molar-refractivity contribution in [2.45, 2.75) is 57.8 Å². The molecule has 0 bridgehead atoms. The molecule has 33 heavy (non-hydrogen) atoms. The largest absolute Gasteiger partial charge is 0.471 e. The molecule has 0 saturated heterocycles. The van der Waals surface area contributed by atoms with Gasteiger partial charge in [0.1, 0.15) is 6.61 Å². The van der Waals surface area contributed by atoms with Gasteiger partial charge in [-0.2, -0.15) is 13.2 Å². The fraction of sp³-hybridized carbons (Fsp3) is 0.522. The first-order chi connectivity index (χ1) is 15.7. The molecule has 0 aliphatic heterocycles. The summed E-state index contributed by atoms with van der Waals surface area (Å²) in [6.07, 6.45) is 8.94. The lowest BCUT2D eigenvalue weighted by molar-refractivity contribution is -0.137. The van der Waals surface area contributed by atoms with Crippen molar-refractivity contribution < 1.29 is 22.7 Å². The number of imidazole rings is 1. The van der Waals surface area contributed by atoms with Crippen LogP contribution in [0.4, 0.5) is 13.2 Å². The second kappa shape index (κ2) is 13.0. The highest BCUT2D eigenvalue weighted by molar-refractivity contribution is 5.54. The molecular formula is C23H32F3N5O2. The Morgan fingerprint density at radius 1 is 1.27 bits per heavy atom. The average Bonchev–Trinajstić information content (AvgIpc) is 3.24. The minimum absolute atomic E-state index is 0.175. The van der Waals surface area contributed by atoms with Crippen LogP contribution < -0.4 is 10.1 Å². The molecule has 0 aromatic carbocycles. The van der Waals surface area contributed by atoms with Crippen LogP contribution in [-0.4, -0.2) is 64.1 Å². The predicted molar refractivity (Wildman–Crippen MR) is 122 cm³/mol. The number of halogens is 3. The van der Waals surface area contributed by atoms with Crippen molar-refractivity contribution >= 4 is 18.1 Å². The number of alkyl halides is 3. The van der Waals surface area contributed by atoms with Gasteiger partial charge in [0.2, 0.25) is 12.1 Å². The van der Waals surface area contributed by atoms with Gasteiger partial charge in [-0.3, -0.25) is 4.79 Å². The Labute approximate surface area is 192 Å². The van der Waals surface area contributed by atoms with E-state index in [1.165, 1.54) is 0 Å². The number of rotatable bonds is 14. The summed E-state index contributed by atoms with van der Waals surface area (Å²) in [4.78, 5) is 21.7. The molecule has 2 aromatic heterocycles. The Morgan fingerprint density at radius 2 is 2.06 bits per heavy atom. The van der Waals surface area contributed by atoms with Gasteiger partial charge in [0.15, 0.2) is 0 Å². The zero-order chi connectivity index (χ0) is 24.3. The van der Waals surface area contributed by atoms with Gasteiger partial charge in [0.25, 0.3) is 5.88 Å². The van der Waals surface area contributed by atoms with Crippen molar-refractivity contribution in [1.29, 1.82) is 0 Å².